The lowest BCUT2D eigenvalue weighted by molar-refractivity contribution is 0.0697. The largest absolute Gasteiger partial charge is 0.478 e. The molecule has 1 N–H and O–H groups in total. The summed E-state index contributed by atoms with van der Waals surface area (Å²) in [6.07, 6.45) is 2.65. The standard InChI is InChI=1S/C12H7ClFNO2/c13-7-1-2-11(14)9(5-7)10-6-15-4-3-8(10)12(16)17/h1-6H,(H,16,17). The van der Waals surface area contributed by atoms with Gasteiger partial charge in [0, 0.05) is 28.5 Å². The second-order valence-electron chi connectivity index (χ2n) is 3.35. The van der Waals surface area contributed by atoms with Crippen LogP contribution in [0.1, 0.15) is 10.4 Å². The van der Waals surface area contributed by atoms with E-state index in [4.69, 9.17) is 16.7 Å². The van der Waals surface area contributed by atoms with E-state index in [1.165, 1.54) is 36.7 Å². The van der Waals surface area contributed by atoms with Gasteiger partial charge in [-0.3, -0.25) is 4.98 Å². The predicted molar refractivity (Wildman–Crippen MR) is 61.6 cm³/mol. The van der Waals surface area contributed by atoms with Crippen molar-refractivity contribution in [2.45, 2.75) is 0 Å². The predicted octanol–water partition coefficient (Wildman–Crippen LogP) is 3.24. The van der Waals surface area contributed by atoms with E-state index in [-0.39, 0.29) is 16.7 Å². The van der Waals surface area contributed by atoms with E-state index in [0.29, 0.717) is 5.02 Å². The van der Waals surface area contributed by atoms with Crippen molar-refractivity contribution in [2.75, 3.05) is 0 Å². The first-order valence-electron chi connectivity index (χ1n) is 4.72. The first kappa shape index (κ1) is 11.5. The second-order valence-corrected chi connectivity index (χ2v) is 3.79. The van der Waals surface area contributed by atoms with Gasteiger partial charge < -0.3 is 5.11 Å². The molecule has 0 aliphatic rings. The number of benzene rings is 1. The van der Waals surface area contributed by atoms with E-state index >= 15 is 0 Å². The number of carboxylic acid groups (broad SMARTS) is 1. The van der Waals surface area contributed by atoms with Crippen molar-refractivity contribution in [3.63, 3.8) is 0 Å². The molecule has 0 spiro atoms. The van der Waals surface area contributed by atoms with Gasteiger partial charge in [0.05, 0.1) is 5.56 Å². The van der Waals surface area contributed by atoms with Gasteiger partial charge in [0.25, 0.3) is 0 Å². The molecule has 1 aromatic heterocycles. The number of carboxylic acids is 1. The Morgan fingerprint density at radius 3 is 2.76 bits per heavy atom. The summed E-state index contributed by atoms with van der Waals surface area (Å²) in [5, 5.41) is 9.34. The third kappa shape index (κ3) is 2.26. The van der Waals surface area contributed by atoms with Crippen molar-refractivity contribution < 1.29 is 14.3 Å². The smallest absolute Gasteiger partial charge is 0.336 e. The number of halogens is 2. The topological polar surface area (TPSA) is 50.2 Å². The number of hydrogen-bond acceptors (Lipinski definition) is 2. The molecule has 2 rings (SSSR count). The Hall–Kier alpha value is -1.94. The highest BCUT2D eigenvalue weighted by Gasteiger charge is 2.14. The minimum Gasteiger partial charge on any atom is -0.478 e. The Morgan fingerprint density at radius 2 is 2.06 bits per heavy atom. The molecule has 0 atom stereocenters. The first-order chi connectivity index (χ1) is 8.09. The van der Waals surface area contributed by atoms with Crippen LogP contribution in [0.15, 0.2) is 36.7 Å². The molecule has 3 nitrogen and oxygen atoms in total. The zero-order chi connectivity index (χ0) is 12.4. The van der Waals surface area contributed by atoms with Gasteiger partial charge in [0.2, 0.25) is 0 Å². The van der Waals surface area contributed by atoms with E-state index in [2.05, 4.69) is 4.98 Å². The number of hydrogen-bond donors (Lipinski definition) is 1. The Bertz CT molecular complexity index is 586. The molecule has 2 aromatic rings. The van der Waals surface area contributed by atoms with Crippen molar-refractivity contribution in [1.29, 1.82) is 0 Å². The maximum absolute atomic E-state index is 13.6. The fourth-order valence-corrected chi connectivity index (χ4v) is 1.67. The van der Waals surface area contributed by atoms with Crippen LogP contribution in [-0.2, 0) is 0 Å². The number of pyridine rings is 1. The van der Waals surface area contributed by atoms with Crippen molar-refractivity contribution in [3.05, 3.63) is 53.1 Å². The molecule has 1 aromatic carbocycles. The summed E-state index contributed by atoms with van der Waals surface area (Å²) in [4.78, 5) is 14.8. The van der Waals surface area contributed by atoms with Gasteiger partial charge in [0.15, 0.2) is 0 Å². The number of rotatable bonds is 2. The molecule has 1 heterocycles. The van der Waals surface area contributed by atoms with E-state index in [0.717, 1.165) is 0 Å². The van der Waals surface area contributed by atoms with Crippen LogP contribution in [0.3, 0.4) is 0 Å². The molecule has 86 valence electrons. The Morgan fingerprint density at radius 1 is 1.29 bits per heavy atom. The molecule has 0 aliphatic carbocycles. The Balaban J connectivity index is 2.68. The quantitative estimate of drug-likeness (QED) is 0.891. The molecule has 0 fully saturated rings. The van der Waals surface area contributed by atoms with Crippen LogP contribution in [0.2, 0.25) is 5.02 Å². The van der Waals surface area contributed by atoms with Crippen molar-refractivity contribution in [1.82, 2.24) is 4.98 Å². The summed E-state index contributed by atoms with van der Waals surface area (Å²) in [7, 11) is 0. The number of carbonyl (C=O) groups is 1. The molecule has 0 saturated carbocycles. The van der Waals surface area contributed by atoms with Crippen molar-refractivity contribution >= 4 is 17.6 Å². The van der Waals surface area contributed by atoms with Gasteiger partial charge in [-0.25, -0.2) is 9.18 Å². The van der Waals surface area contributed by atoms with Crippen molar-refractivity contribution in [2.24, 2.45) is 0 Å². The maximum Gasteiger partial charge on any atom is 0.336 e. The summed E-state index contributed by atoms with van der Waals surface area (Å²) in [5.74, 6) is -1.67. The molecule has 0 amide bonds. The average molecular weight is 252 g/mol. The lowest BCUT2D eigenvalue weighted by Crippen LogP contribution is -2.00. The zero-order valence-electron chi connectivity index (χ0n) is 8.52. The summed E-state index contributed by atoms with van der Waals surface area (Å²) in [6, 6.07) is 5.28. The fraction of sp³-hybridized carbons (Fsp3) is 0. The molecular formula is C12H7ClFNO2. The van der Waals surface area contributed by atoms with E-state index in [1.807, 2.05) is 0 Å². The van der Waals surface area contributed by atoms with Gasteiger partial charge >= 0.3 is 5.97 Å². The van der Waals surface area contributed by atoms with Gasteiger partial charge in [-0.2, -0.15) is 0 Å². The summed E-state index contributed by atoms with van der Waals surface area (Å²) >= 11 is 5.76. The van der Waals surface area contributed by atoms with Gasteiger partial charge in [0.1, 0.15) is 5.82 Å². The number of aromatic nitrogens is 1. The maximum atomic E-state index is 13.6. The highest BCUT2D eigenvalue weighted by atomic mass is 35.5. The summed E-state index contributed by atoms with van der Waals surface area (Å²) in [6.45, 7) is 0. The molecule has 0 radical (unpaired) electrons. The van der Waals surface area contributed by atoms with E-state index in [1.54, 1.807) is 0 Å². The minimum absolute atomic E-state index is 0.0128. The number of aromatic carboxylic acids is 1. The normalized spacial score (nSPS) is 10.2. The SMILES string of the molecule is O=C(O)c1ccncc1-c1cc(Cl)ccc1F. The van der Waals surface area contributed by atoms with E-state index < -0.39 is 11.8 Å². The monoisotopic (exact) mass is 251 g/mol. The lowest BCUT2D eigenvalue weighted by Gasteiger charge is -2.06. The number of nitrogens with zero attached hydrogens (tertiary/aromatic N) is 1. The summed E-state index contributed by atoms with van der Waals surface area (Å²) < 4.78 is 13.6. The van der Waals surface area contributed by atoms with Crippen LogP contribution in [0.4, 0.5) is 4.39 Å². The highest BCUT2D eigenvalue weighted by molar-refractivity contribution is 6.30. The second kappa shape index (κ2) is 4.51. The van der Waals surface area contributed by atoms with Gasteiger partial charge in [-0.1, -0.05) is 11.6 Å². The molecule has 0 saturated heterocycles. The van der Waals surface area contributed by atoms with Crippen LogP contribution in [0.5, 0.6) is 0 Å². The molecule has 5 heteroatoms. The van der Waals surface area contributed by atoms with Crippen molar-refractivity contribution in [3.8, 4) is 11.1 Å². The molecule has 0 bridgehead atoms. The third-order valence-electron chi connectivity index (χ3n) is 2.27. The molecule has 0 unspecified atom stereocenters. The Labute approximate surface area is 101 Å². The summed E-state index contributed by atoms with van der Waals surface area (Å²) in [5.41, 5.74) is 0.323. The van der Waals surface area contributed by atoms with E-state index in [9.17, 15) is 9.18 Å². The first-order valence-corrected chi connectivity index (χ1v) is 5.10. The van der Waals surface area contributed by atoms with Crippen LogP contribution in [0.25, 0.3) is 11.1 Å². The molecule has 17 heavy (non-hydrogen) atoms. The lowest BCUT2D eigenvalue weighted by atomic mass is 10.0. The van der Waals surface area contributed by atoms with Crippen LogP contribution < -0.4 is 0 Å². The minimum atomic E-state index is -1.14. The Kier molecular flexibility index (Phi) is 3.06. The molecule has 0 aliphatic heterocycles. The van der Waals surface area contributed by atoms with Crippen LogP contribution >= 0.6 is 11.6 Å². The zero-order valence-corrected chi connectivity index (χ0v) is 9.28. The third-order valence-corrected chi connectivity index (χ3v) is 2.51. The molecular weight excluding hydrogens is 245 g/mol. The highest BCUT2D eigenvalue weighted by Crippen LogP contribution is 2.28. The van der Waals surface area contributed by atoms with Gasteiger partial charge in [-0.05, 0) is 24.3 Å². The van der Waals surface area contributed by atoms with Crippen LogP contribution in [-0.4, -0.2) is 16.1 Å². The fourth-order valence-electron chi connectivity index (χ4n) is 1.50. The van der Waals surface area contributed by atoms with Crippen LogP contribution in [0, 0.1) is 5.82 Å². The van der Waals surface area contributed by atoms with Gasteiger partial charge in [-0.15, -0.1) is 0 Å². The average Bonchev–Trinajstić information content (AvgIpc) is 2.32.